The largest absolute Gasteiger partial charge is 0.325 e. The Labute approximate surface area is 187 Å². The van der Waals surface area contributed by atoms with Crippen LogP contribution in [0.5, 0.6) is 0 Å². The quantitative estimate of drug-likeness (QED) is 0.303. The third-order valence-corrected chi connectivity index (χ3v) is 4.68. The highest BCUT2D eigenvalue weighted by molar-refractivity contribution is 6.09. The molecule has 0 saturated heterocycles. The van der Waals surface area contributed by atoms with Crippen LogP contribution >= 0.6 is 0 Å². The first-order valence-electron chi connectivity index (χ1n) is 9.76. The fourth-order valence-electron chi connectivity index (χ4n) is 3.16. The molecule has 0 spiro atoms. The molecule has 168 valence electrons. The van der Waals surface area contributed by atoms with E-state index in [1.54, 1.807) is 13.0 Å². The zero-order chi connectivity index (χ0) is 24.0. The van der Waals surface area contributed by atoms with Gasteiger partial charge in [0.15, 0.2) is 0 Å². The molecule has 0 aliphatic carbocycles. The molecule has 2 N–H and O–H groups in total. The fourth-order valence-corrected chi connectivity index (χ4v) is 3.16. The van der Waals surface area contributed by atoms with Crippen molar-refractivity contribution < 1.29 is 19.4 Å². The van der Waals surface area contributed by atoms with Crippen LogP contribution in [0.15, 0.2) is 65.8 Å². The Kier molecular flexibility index (Phi) is 7.03. The molecule has 33 heavy (non-hydrogen) atoms. The minimum Gasteiger partial charge on any atom is -0.325 e. The molecule has 11 heteroatoms. The van der Waals surface area contributed by atoms with Crippen molar-refractivity contribution in [1.82, 2.24) is 5.43 Å². The molecule has 0 aliphatic rings. The number of nitro benzene ring substituents is 2. The van der Waals surface area contributed by atoms with E-state index in [0.29, 0.717) is 11.4 Å². The SMILES string of the molecule is C/C(CC(=O)Nc1cccc2ccccc12)=N/NC(=O)Cc1ccc([N+](=O)[O-])cc1[N+](=O)[O-]. The highest BCUT2D eigenvalue weighted by Gasteiger charge is 2.21. The van der Waals surface area contributed by atoms with Gasteiger partial charge < -0.3 is 5.32 Å². The normalized spacial score (nSPS) is 11.1. The summed E-state index contributed by atoms with van der Waals surface area (Å²) in [5.41, 5.74) is 2.24. The summed E-state index contributed by atoms with van der Waals surface area (Å²) >= 11 is 0. The van der Waals surface area contributed by atoms with Crippen LogP contribution in [-0.2, 0) is 16.0 Å². The summed E-state index contributed by atoms with van der Waals surface area (Å²) in [5, 5.41) is 30.5. The second kappa shape index (κ2) is 10.1. The van der Waals surface area contributed by atoms with Crippen molar-refractivity contribution in [2.45, 2.75) is 19.8 Å². The average molecular weight is 449 g/mol. The summed E-state index contributed by atoms with van der Waals surface area (Å²) in [6, 6.07) is 16.2. The molecule has 0 aromatic heterocycles. The number of nitrogens with one attached hydrogen (secondary N) is 2. The van der Waals surface area contributed by atoms with E-state index < -0.39 is 33.5 Å². The molecule has 0 fully saturated rings. The Bertz CT molecular complexity index is 1280. The number of non-ortho nitro benzene ring substituents is 1. The lowest BCUT2D eigenvalue weighted by molar-refractivity contribution is -0.394. The maximum Gasteiger partial charge on any atom is 0.279 e. The Hall–Kier alpha value is -4.67. The minimum absolute atomic E-state index is 0.00431. The Morgan fingerprint density at radius 1 is 0.939 bits per heavy atom. The van der Waals surface area contributed by atoms with Gasteiger partial charge in [0.2, 0.25) is 11.8 Å². The molecular weight excluding hydrogens is 430 g/mol. The number of amides is 2. The summed E-state index contributed by atoms with van der Waals surface area (Å²) in [4.78, 5) is 45.0. The first-order chi connectivity index (χ1) is 15.7. The van der Waals surface area contributed by atoms with Gasteiger partial charge >= 0.3 is 0 Å². The van der Waals surface area contributed by atoms with E-state index in [1.807, 2.05) is 36.4 Å². The van der Waals surface area contributed by atoms with Gasteiger partial charge in [0, 0.05) is 28.4 Å². The third kappa shape index (κ3) is 5.94. The van der Waals surface area contributed by atoms with Crippen molar-refractivity contribution >= 4 is 45.4 Å². The van der Waals surface area contributed by atoms with Gasteiger partial charge in [-0.05, 0) is 24.4 Å². The lowest BCUT2D eigenvalue weighted by Gasteiger charge is -2.09. The number of fused-ring (bicyclic) bond motifs is 1. The number of nitrogens with zero attached hydrogens (tertiary/aromatic N) is 3. The Morgan fingerprint density at radius 2 is 1.67 bits per heavy atom. The van der Waals surface area contributed by atoms with Gasteiger partial charge in [-0.2, -0.15) is 5.10 Å². The van der Waals surface area contributed by atoms with Crippen LogP contribution in [0.25, 0.3) is 10.8 Å². The number of anilines is 1. The number of carbonyl (C=O) groups is 2. The third-order valence-electron chi connectivity index (χ3n) is 4.68. The summed E-state index contributed by atoms with van der Waals surface area (Å²) in [5.74, 6) is -0.992. The molecular formula is C22H19N5O6. The Balaban J connectivity index is 1.60. The average Bonchev–Trinajstić information content (AvgIpc) is 2.78. The van der Waals surface area contributed by atoms with E-state index in [-0.39, 0.29) is 17.9 Å². The summed E-state index contributed by atoms with van der Waals surface area (Å²) < 4.78 is 0. The van der Waals surface area contributed by atoms with E-state index in [0.717, 1.165) is 29.0 Å². The molecule has 3 rings (SSSR count). The van der Waals surface area contributed by atoms with Crippen LogP contribution in [-0.4, -0.2) is 27.4 Å². The van der Waals surface area contributed by atoms with Crippen LogP contribution in [0, 0.1) is 20.2 Å². The summed E-state index contributed by atoms with van der Waals surface area (Å²) in [6.45, 7) is 1.55. The number of nitro groups is 2. The molecule has 11 nitrogen and oxygen atoms in total. The second-order valence-corrected chi connectivity index (χ2v) is 7.14. The lowest BCUT2D eigenvalue weighted by Crippen LogP contribution is -2.23. The van der Waals surface area contributed by atoms with E-state index >= 15 is 0 Å². The molecule has 0 aliphatic heterocycles. The van der Waals surface area contributed by atoms with Crippen molar-refractivity contribution in [3.8, 4) is 0 Å². The van der Waals surface area contributed by atoms with Crippen LogP contribution in [0.2, 0.25) is 0 Å². The summed E-state index contributed by atoms with van der Waals surface area (Å²) in [7, 11) is 0. The number of benzene rings is 3. The van der Waals surface area contributed by atoms with Gasteiger partial charge in [0.25, 0.3) is 11.4 Å². The first-order valence-corrected chi connectivity index (χ1v) is 9.76. The molecule has 3 aromatic rings. The first kappa shape index (κ1) is 23.0. The topological polar surface area (TPSA) is 157 Å². The Morgan fingerprint density at radius 3 is 2.39 bits per heavy atom. The van der Waals surface area contributed by atoms with Gasteiger partial charge in [-0.15, -0.1) is 0 Å². The van der Waals surface area contributed by atoms with Crippen LogP contribution in [0.3, 0.4) is 0 Å². The van der Waals surface area contributed by atoms with E-state index in [4.69, 9.17) is 0 Å². The number of carbonyl (C=O) groups excluding carboxylic acids is 2. The predicted octanol–water partition coefficient (Wildman–Crippen LogP) is 3.72. The van der Waals surface area contributed by atoms with Gasteiger partial charge in [0.1, 0.15) is 0 Å². The number of rotatable bonds is 8. The van der Waals surface area contributed by atoms with E-state index in [2.05, 4.69) is 15.8 Å². The smallest absolute Gasteiger partial charge is 0.279 e. The zero-order valence-corrected chi connectivity index (χ0v) is 17.5. The molecule has 3 aromatic carbocycles. The molecule has 0 atom stereocenters. The van der Waals surface area contributed by atoms with Crippen molar-refractivity contribution in [3.63, 3.8) is 0 Å². The molecule has 0 unspecified atom stereocenters. The molecule has 0 bridgehead atoms. The minimum atomic E-state index is -0.790. The van der Waals surface area contributed by atoms with Crippen molar-refractivity contribution in [3.05, 3.63) is 86.5 Å². The lowest BCUT2D eigenvalue weighted by atomic mass is 10.1. The highest BCUT2D eigenvalue weighted by atomic mass is 16.6. The molecule has 0 saturated carbocycles. The van der Waals surface area contributed by atoms with Gasteiger partial charge in [0.05, 0.1) is 28.8 Å². The maximum atomic E-state index is 12.4. The number of hydrogen-bond donors (Lipinski definition) is 2. The summed E-state index contributed by atoms with van der Waals surface area (Å²) in [6.07, 6.45) is -0.492. The van der Waals surface area contributed by atoms with E-state index in [9.17, 15) is 29.8 Å². The maximum absolute atomic E-state index is 12.4. The standard InChI is InChI=1S/C22H19N5O6/c1-14(11-21(28)23-19-8-4-6-15-5-2-3-7-18(15)19)24-25-22(29)12-16-9-10-17(26(30)31)13-20(16)27(32)33/h2-10,13H,11-12H2,1H3,(H,23,28)(H,25,29)/b24-14-. The van der Waals surface area contributed by atoms with Crippen molar-refractivity contribution in [2.75, 3.05) is 5.32 Å². The number of hydrazone groups is 1. The van der Waals surface area contributed by atoms with Crippen LogP contribution < -0.4 is 10.7 Å². The predicted molar refractivity (Wildman–Crippen MR) is 122 cm³/mol. The van der Waals surface area contributed by atoms with Crippen LogP contribution in [0.4, 0.5) is 17.1 Å². The monoisotopic (exact) mass is 449 g/mol. The molecule has 0 radical (unpaired) electrons. The van der Waals surface area contributed by atoms with Crippen LogP contribution in [0.1, 0.15) is 18.9 Å². The molecule has 0 heterocycles. The van der Waals surface area contributed by atoms with Gasteiger partial charge in [-0.1, -0.05) is 36.4 Å². The fraction of sp³-hybridized carbons (Fsp3) is 0.136. The van der Waals surface area contributed by atoms with Gasteiger partial charge in [-0.25, -0.2) is 5.43 Å². The zero-order valence-electron chi connectivity index (χ0n) is 17.5. The van der Waals surface area contributed by atoms with Crippen molar-refractivity contribution in [1.29, 1.82) is 0 Å². The molecule has 2 amide bonds. The highest BCUT2D eigenvalue weighted by Crippen LogP contribution is 2.25. The van der Waals surface area contributed by atoms with E-state index in [1.165, 1.54) is 0 Å². The number of hydrogen-bond acceptors (Lipinski definition) is 7. The second-order valence-electron chi connectivity index (χ2n) is 7.14. The van der Waals surface area contributed by atoms with Crippen molar-refractivity contribution in [2.24, 2.45) is 5.10 Å². The van der Waals surface area contributed by atoms with Gasteiger partial charge in [-0.3, -0.25) is 29.8 Å².